The number of nitrogen functional groups attached to an aromatic ring is 1. The molecule has 2 unspecified atom stereocenters. The highest BCUT2D eigenvalue weighted by atomic mass is 16.3. The van der Waals surface area contributed by atoms with Gasteiger partial charge in [-0.15, -0.1) is 0 Å². The maximum atomic E-state index is 12.1. The molecule has 0 aliphatic heterocycles. The molecule has 1 amide bonds. The van der Waals surface area contributed by atoms with Crippen molar-refractivity contribution in [1.82, 2.24) is 5.32 Å². The third-order valence-corrected chi connectivity index (χ3v) is 3.63. The molecular formula is C14H20N2O2. The molecule has 18 heavy (non-hydrogen) atoms. The predicted molar refractivity (Wildman–Crippen MR) is 71.2 cm³/mol. The number of anilines is 1. The Morgan fingerprint density at radius 3 is 2.61 bits per heavy atom. The molecule has 1 aromatic rings. The molecule has 0 aromatic heterocycles. The number of hydrogen-bond acceptors (Lipinski definition) is 3. The van der Waals surface area contributed by atoms with Crippen molar-refractivity contribution in [3.63, 3.8) is 0 Å². The van der Waals surface area contributed by atoms with Crippen LogP contribution >= 0.6 is 0 Å². The smallest absolute Gasteiger partial charge is 0.251 e. The quantitative estimate of drug-likeness (QED) is 0.710. The molecule has 0 bridgehead atoms. The molecule has 4 N–H and O–H groups in total. The molecule has 98 valence electrons. The second-order valence-corrected chi connectivity index (χ2v) is 4.93. The van der Waals surface area contributed by atoms with E-state index in [1.165, 1.54) is 0 Å². The van der Waals surface area contributed by atoms with Crippen molar-refractivity contribution in [2.75, 3.05) is 12.3 Å². The molecule has 0 heterocycles. The summed E-state index contributed by atoms with van der Waals surface area (Å²) in [5.41, 5.74) is 6.86. The van der Waals surface area contributed by atoms with Gasteiger partial charge in [0, 0.05) is 29.8 Å². The van der Waals surface area contributed by atoms with Crippen LogP contribution in [-0.2, 0) is 0 Å². The number of hydrogen-bond donors (Lipinski definition) is 3. The lowest BCUT2D eigenvalue weighted by atomic mass is 9.85. The Hall–Kier alpha value is -1.55. The molecule has 2 rings (SSSR count). The zero-order valence-corrected chi connectivity index (χ0v) is 10.4. The summed E-state index contributed by atoms with van der Waals surface area (Å²) in [6.45, 7) is 0.146. The van der Waals surface area contributed by atoms with Crippen molar-refractivity contribution in [2.45, 2.75) is 31.7 Å². The van der Waals surface area contributed by atoms with Gasteiger partial charge in [-0.3, -0.25) is 4.79 Å². The van der Waals surface area contributed by atoms with E-state index < -0.39 is 0 Å². The molecule has 0 saturated heterocycles. The molecule has 2 atom stereocenters. The highest BCUT2D eigenvalue weighted by Crippen LogP contribution is 2.24. The van der Waals surface area contributed by atoms with E-state index in [1.807, 2.05) is 0 Å². The largest absolute Gasteiger partial charge is 0.399 e. The second-order valence-electron chi connectivity index (χ2n) is 4.93. The molecule has 4 heteroatoms. The van der Waals surface area contributed by atoms with Gasteiger partial charge in [0.15, 0.2) is 0 Å². The third-order valence-electron chi connectivity index (χ3n) is 3.63. The van der Waals surface area contributed by atoms with Gasteiger partial charge in [-0.1, -0.05) is 12.8 Å². The van der Waals surface area contributed by atoms with E-state index in [2.05, 4.69) is 5.32 Å². The summed E-state index contributed by atoms with van der Waals surface area (Å²) in [7, 11) is 0. The van der Waals surface area contributed by atoms with Crippen molar-refractivity contribution < 1.29 is 9.90 Å². The SMILES string of the molecule is Nc1ccc(C(=O)NC2CCCCC2CO)cc1. The molecule has 0 radical (unpaired) electrons. The van der Waals surface area contributed by atoms with E-state index in [9.17, 15) is 9.90 Å². The van der Waals surface area contributed by atoms with Gasteiger partial charge < -0.3 is 16.2 Å². The van der Waals surface area contributed by atoms with Crippen LogP contribution in [0.15, 0.2) is 24.3 Å². The molecule has 4 nitrogen and oxygen atoms in total. The number of aliphatic hydroxyl groups is 1. The Morgan fingerprint density at radius 1 is 1.28 bits per heavy atom. The van der Waals surface area contributed by atoms with Crippen molar-refractivity contribution in [3.05, 3.63) is 29.8 Å². The van der Waals surface area contributed by atoms with Crippen LogP contribution in [0, 0.1) is 5.92 Å². The average Bonchev–Trinajstić information content (AvgIpc) is 2.40. The van der Waals surface area contributed by atoms with Crippen LogP contribution in [0.5, 0.6) is 0 Å². The Kier molecular flexibility index (Phi) is 4.20. The van der Waals surface area contributed by atoms with Crippen molar-refractivity contribution >= 4 is 11.6 Å². The van der Waals surface area contributed by atoms with Gasteiger partial charge in [0.1, 0.15) is 0 Å². The first kappa shape index (κ1) is 12.9. The van der Waals surface area contributed by atoms with Crippen LogP contribution in [0.1, 0.15) is 36.0 Å². The van der Waals surface area contributed by atoms with Crippen LogP contribution in [-0.4, -0.2) is 23.7 Å². The first-order chi connectivity index (χ1) is 8.70. The molecule has 1 aliphatic carbocycles. The Bertz CT molecular complexity index is 403. The summed E-state index contributed by atoms with van der Waals surface area (Å²) in [5, 5.41) is 12.3. The second kappa shape index (κ2) is 5.87. The van der Waals surface area contributed by atoms with E-state index in [4.69, 9.17) is 5.73 Å². The number of nitrogens with two attached hydrogens (primary N) is 1. The molecule has 1 aromatic carbocycles. The minimum Gasteiger partial charge on any atom is -0.399 e. The molecule has 1 saturated carbocycles. The minimum atomic E-state index is -0.0830. The van der Waals surface area contributed by atoms with Crippen molar-refractivity contribution in [1.29, 1.82) is 0 Å². The van der Waals surface area contributed by atoms with E-state index in [-0.39, 0.29) is 24.5 Å². The van der Waals surface area contributed by atoms with Crippen LogP contribution in [0.3, 0.4) is 0 Å². The summed E-state index contributed by atoms with van der Waals surface area (Å²) in [5.74, 6) is 0.108. The van der Waals surface area contributed by atoms with E-state index >= 15 is 0 Å². The maximum Gasteiger partial charge on any atom is 0.251 e. The Morgan fingerprint density at radius 2 is 1.94 bits per heavy atom. The number of carbonyl (C=O) groups excluding carboxylic acids is 1. The van der Waals surface area contributed by atoms with Gasteiger partial charge >= 0.3 is 0 Å². The zero-order chi connectivity index (χ0) is 13.0. The molecule has 1 fully saturated rings. The van der Waals surface area contributed by atoms with E-state index in [0.29, 0.717) is 11.3 Å². The maximum absolute atomic E-state index is 12.1. The van der Waals surface area contributed by atoms with E-state index in [0.717, 1.165) is 25.7 Å². The fourth-order valence-corrected chi connectivity index (χ4v) is 2.50. The summed E-state index contributed by atoms with van der Waals surface area (Å²) in [4.78, 5) is 12.1. The number of benzene rings is 1. The monoisotopic (exact) mass is 248 g/mol. The van der Waals surface area contributed by atoms with Crippen LogP contribution in [0.4, 0.5) is 5.69 Å². The molecule has 1 aliphatic rings. The van der Waals surface area contributed by atoms with Gasteiger partial charge in [0.05, 0.1) is 0 Å². The number of carbonyl (C=O) groups is 1. The van der Waals surface area contributed by atoms with Gasteiger partial charge in [-0.2, -0.15) is 0 Å². The fraction of sp³-hybridized carbons (Fsp3) is 0.500. The fourth-order valence-electron chi connectivity index (χ4n) is 2.50. The van der Waals surface area contributed by atoms with Gasteiger partial charge in [-0.05, 0) is 37.1 Å². The van der Waals surface area contributed by atoms with Crippen LogP contribution in [0.2, 0.25) is 0 Å². The van der Waals surface area contributed by atoms with Gasteiger partial charge in [0.2, 0.25) is 0 Å². The third kappa shape index (κ3) is 3.01. The zero-order valence-electron chi connectivity index (χ0n) is 10.4. The molecular weight excluding hydrogens is 228 g/mol. The van der Waals surface area contributed by atoms with Crippen molar-refractivity contribution in [3.8, 4) is 0 Å². The standard InChI is InChI=1S/C14H20N2O2/c15-12-7-5-10(6-8-12)14(18)16-13-4-2-1-3-11(13)9-17/h5-8,11,13,17H,1-4,9,15H2,(H,16,18). The Labute approximate surface area is 107 Å². The normalized spacial score (nSPS) is 23.6. The minimum absolute atomic E-state index is 0.0830. The highest BCUT2D eigenvalue weighted by molar-refractivity contribution is 5.94. The summed E-state index contributed by atoms with van der Waals surface area (Å²) < 4.78 is 0. The first-order valence-corrected chi connectivity index (χ1v) is 6.48. The lowest BCUT2D eigenvalue weighted by Gasteiger charge is -2.30. The number of amides is 1. The predicted octanol–water partition coefficient (Wildman–Crippen LogP) is 1.55. The molecule has 0 spiro atoms. The van der Waals surface area contributed by atoms with Crippen molar-refractivity contribution in [2.24, 2.45) is 5.92 Å². The lowest BCUT2D eigenvalue weighted by molar-refractivity contribution is 0.0872. The van der Waals surface area contributed by atoms with Gasteiger partial charge in [-0.25, -0.2) is 0 Å². The number of nitrogens with one attached hydrogen (secondary N) is 1. The van der Waals surface area contributed by atoms with Crippen LogP contribution < -0.4 is 11.1 Å². The van der Waals surface area contributed by atoms with Gasteiger partial charge in [0.25, 0.3) is 5.91 Å². The summed E-state index contributed by atoms with van der Waals surface area (Å²) >= 11 is 0. The number of aliphatic hydroxyl groups excluding tert-OH is 1. The van der Waals surface area contributed by atoms with E-state index in [1.54, 1.807) is 24.3 Å². The summed E-state index contributed by atoms with van der Waals surface area (Å²) in [6.07, 6.45) is 4.19. The lowest BCUT2D eigenvalue weighted by Crippen LogP contribution is -2.43. The first-order valence-electron chi connectivity index (χ1n) is 6.48. The highest BCUT2D eigenvalue weighted by Gasteiger charge is 2.25. The Balaban J connectivity index is 1.99. The summed E-state index contributed by atoms with van der Waals surface area (Å²) in [6, 6.07) is 6.98. The number of rotatable bonds is 3. The average molecular weight is 248 g/mol. The topological polar surface area (TPSA) is 75.4 Å². The van der Waals surface area contributed by atoms with Crippen LogP contribution in [0.25, 0.3) is 0 Å².